The number of hydrogen-bond acceptors (Lipinski definition) is 9. The first kappa shape index (κ1) is 26.8. The van der Waals surface area contributed by atoms with E-state index >= 15 is 0 Å². The van der Waals surface area contributed by atoms with Gasteiger partial charge in [-0.25, -0.2) is 9.79 Å². The maximum Gasteiger partial charge on any atom is 0.338 e. The third-order valence-electron chi connectivity index (χ3n) is 5.80. The van der Waals surface area contributed by atoms with Crippen molar-refractivity contribution >= 4 is 29.1 Å². The highest BCUT2D eigenvalue weighted by Gasteiger charge is 2.34. The molecule has 3 aromatic rings. The van der Waals surface area contributed by atoms with Crippen LogP contribution in [0.4, 0.5) is 5.69 Å². The van der Waals surface area contributed by atoms with Crippen molar-refractivity contribution in [1.29, 1.82) is 0 Å². The predicted octanol–water partition coefficient (Wildman–Crippen LogP) is 3.50. The van der Waals surface area contributed by atoms with Crippen molar-refractivity contribution in [3.63, 3.8) is 0 Å². The summed E-state index contributed by atoms with van der Waals surface area (Å²) in [5, 5.41) is 11.5. The molecule has 0 aliphatic carbocycles. The molecule has 4 rings (SSSR count). The van der Waals surface area contributed by atoms with Crippen LogP contribution < -0.4 is 24.4 Å². The van der Waals surface area contributed by atoms with Gasteiger partial charge in [0.1, 0.15) is 0 Å². The van der Waals surface area contributed by atoms with Crippen LogP contribution in [0.15, 0.2) is 63.5 Å². The number of esters is 1. The number of ether oxygens (including phenoxy) is 3. The van der Waals surface area contributed by atoms with E-state index in [4.69, 9.17) is 14.2 Å². The van der Waals surface area contributed by atoms with Gasteiger partial charge in [0.25, 0.3) is 11.2 Å². The maximum absolute atomic E-state index is 13.8. The molecule has 0 spiro atoms. The Bertz CT molecular complexity index is 1620. The van der Waals surface area contributed by atoms with Crippen molar-refractivity contribution < 1.29 is 23.9 Å². The molecule has 1 aliphatic rings. The Morgan fingerprint density at radius 3 is 2.63 bits per heavy atom. The predicted molar refractivity (Wildman–Crippen MR) is 142 cm³/mol. The molecule has 2 aromatic carbocycles. The topological polar surface area (TPSA) is 122 Å². The van der Waals surface area contributed by atoms with Gasteiger partial charge in [-0.05, 0) is 57.5 Å². The summed E-state index contributed by atoms with van der Waals surface area (Å²) in [5.41, 5.74) is 0.951. The Hall–Kier alpha value is -4.25. The average Bonchev–Trinajstić information content (AvgIpc) is 3.17. The van der Waals surface area contributed by atoms with Gasteiger partial charge in [0.2, 0.25) is 0 Å². The average molecular weight is 538 g/mol. The van der Waals surface area contributed by atoms with Crippen molar-refractivity contribution in [2.45, 2.75) is 39.8 Å². The summed E-state index contributed by atoms with van der Waals surface area (Å²) >= 11 is 1.09. The normalized spacial score (nSPS) is 15.2. The smallest absolute Gasteiger partial charge is 0.338 e. The van der Waals surface area contributed by atoms with Crippen LogP contribution in [0.5, 0.6) is 11.5 Å². The standard InChI is InChI=1S/C27H27N3O7S/c1-6-36-26(32)23-16(4)28-27-29(24(23)18-11-12-20(37-15(2)3)21(13-18)35-5)25(31)22(38-27)14-17-9-7-8-10-19(17)30(33)34/h7-15,24H,6H2,1-5H3/b22-14-/t24-/m0/s1. The Morgan fingerprint density at radius 2 is 1.97 bits per heavy atom. The number of methoxy groups -OCH3 is 1. The van der Waals surface area contributed by atoms with Gasteiger partial charge in [0, 0.05) is 6.07 Å². The van der Waals surface area contributed by atoms with E-state index in [2.05, 4.69) is 4.99 Å². The van der Waals surface area contributed by atoms with Crippen molar-refractivity contribution in [1.82, 2.24) is 4.57 Å². The quantitative estimate of drug-likeness (QED) is 0.245. The monoisotopic (exact) mass is 537 g/mol. The Labute approximate surface area is 222 Å². The van der Waals surface area contributed by atoms with E-state index in [0.29, 0.717) is 27.6 Å². The SMILES string of the molecule is CCOC(=O)C1=C(C)N=c2s/c(=C\c3ccccc3[N+](=O)[O-])c(=O)n2[C@H]1c1ccc(OC(C)C)c(OC)c1. The first-order valence-corrected chi connectivity index (χ1v) is 12.8. The molecule has 0 unspecified atom stereocenters. The number of nitrogens with zero attached hydrogens (tertiary/aromatic N) is 3. The molecule has 0 fully saturated rings. The highest BCUT2D eigenvalue weighted by molar-refractivity contribution is 7.07. The number of aromatic nitrogens is 1. The van der Waals surface area contributed by atoms with Gasteiger partial charge >= 0.3 is 5.97 Å². The van der Waals surface area contributed by atoms with Crippen molar-refractivity contribution in [2.75, 3.05) is 13.7 Å². The summed E-state index contributed by atoms with van der Waals surface area (Å²) in [5.74, 6) is 0.373. The number of nitro groups is 1. The Kier molecular flexibility index (Phi) is 7.77. The minimum atomic E-state index is -0.861. The fourth-order valence-corrected chi connectivity index (χ4v) is 5.27. The van der Waals surface area contributed by atoms with E-state index in [1.807, 2.05) is 13.8 Å². The summed E-state index contributed by atoms with van der Waals surface area (Å²) < 4.78 is 18.4. The van der Waals surface area contributed by atoms with Gasteiger partial charge in [0.15, 0.2) is 16.3 Å². The summed E-state index contributed by atoms with van der Waals surface area (Å²) in [7, 11) is 1.51. The van der Waals surface area contributed by atoms with E-state index in [1.165, 1.54) is 23.8 Å². The Morgan fingerprint density at radius 1 is 1.24 bits per heavy atom. The number of benzene rings is 2. The number of thiazole rings is 1. The van der Waals surface area contributed by atoms with Crippen LogP contribution in [0.2, 0.25) is 0 Å². The van der Waals surface area contributed by atoms with Crippen LogP contribution >= 0.6 is 11.3 Å². The zero-order valence-corrected chi connectivity index (χ0v) is 22.4. The molecular weight excluding hydrogens is 510 g/mol. The van der Waals surface area contributed by atoms with Gasteiger partial charge in [-0.3, -0.25) is 19.5 Å². The molecule has 10 nitrogen and oxygen atoms in total. The van der Waals surface area contributed by atoms with Gasteiger partial charge in [-0.2, -0.15) is 0 Å². The highest BCUT2D eigenvalue weighted by Crippen LogP contribution is 2.36. The fourth-order valence-electron chi connectivity index (χ4n) is 4.23. The first-order chi connectivity index (χ1) is 18.2. The van der Waals surface area contributed by atoms with E-state index in [9.17, 15) is 19.7 Å². The van der Waals surface area contributed by atoms with Crippen LogP contribution in [-0.4, -0.2) is 35.3 Å². The number of nitro benzene ring substituents is 1. The lowest BCUT2D eigenvalue weighted by atomic mass is 9.95. The zero-order chi connectivity index (χ0) is 27.6. The van der Waals surface area contributed by atoms with Crippen molar-refractivity contribution in [3.8, 4) is 11.5 Å². The molecule has 0 bridgehead atoms. The molecule has 198 valence electrons. The third kappa shape index (κ3) is 5.10. The summed E-state index contributed by atoms with van der Waals surface area (Å²) in [6.45, 7) is 7.33. The molecule has 0 radical (unpaired) electrons. The zero-order valence-electron chi connectivity index (χ0n) is 21.6. The molecule has 1 aliphatic heterocycles. The van der Waals surface area contributed by atoms with E-state index in [-0.39, 0.29) is 34.1 Å². The van der Waals surface area contributed by atoms with Crippen LogP contribution in [0.1, 0.15) is 44.9 Å². The molecule has 1 aromatic heterocycles. The van der Waals surface area contributed by atoms with Gasteiger partial charge in [-0.1, -0.05) is 29.5 Å². The number of hydrogen-bond donors (Lipinski definition) is 0. The lowest BCUT2D eigenvalue weighted by Crippen LogP contribution is -2.40. The minimum Gasteiger partial charge on any atom is -0.493 e. The summed E-state index contributed by atoms with van der Waals surface area (Å²) in [6, 6.07) is 10.5. The number of para-hydroxylation sites is 1. The highest BCUT2D eigenvalue weighted by atomic mass is 32.1. The largest absolute Gasteiger partial charge is 0.493 e. The summed E-state index contributed by atoms with van der Waals surface area (Å²) in [4.78, 5) is 42.8. The summed E-state index contributed by atoms with van der Waals surface area (Å²) in [6.07, 6.45) is 1.38. The molecule has 38 heavy (non-hydrogen) atoms. The second-order valence-electron chi connectivity index (χ2n) is 8.70. The fraction of sp³-hybridized carbons (Fsp3) is 0.296. The van der Waals surface area contributed by atoms with Crippen LogP contribution in [0.3, 0.4) is 0 Å². The molecule has 2 heterocycles. The Balaban J connectivity index is 1.97. The van der Waals surface area contributed by atoms with Crippen LogP contribution in [-0.2, 0) is 9.53 Å². The van der Waals surface area contributed by atoms with E-state index < -0.39 is 22.5 Å². The molecule has 1 atom stereocenters. The maximum atomic E-state index is 13.8. The molecule has 11 heteroatoms. The molecular formula is C27H27N3O7S. The van der Waals surface area contributed by atoms with E-state index in [0.717, 1.165) is 11.3 Å². The van der Waals surface area contributed by atoms with E-state index in [1.54, 1.807) is 50.2 Å². The van der Waals surface area contributed by atoms with Gasteiger partial charge < -0.3 is 14.2 Å². The molecule has 0 saturated carbocycles. The second-order valence-corrected chi connectivity index (χ2v) is 9.70. The molecule has 0 amide bonds. The number of allylic oxidation sites excluding steroid dienone is 1. The van der Waals surface area contributed by atoms with Gasteiger partial charge in [0.05, 0.1) is 52.2 Å². The lowest BCUT2D eigenvalue weighted by molar-refractivity contribution is -0.385. The lowest BCUT2D eigenvalue weighted by Gasteiger charge is -2.25. The number of rotatable bonds is 8. The van der Waals surface area contributed by atoms with Crippen molar-refractivity contribution in [3.05, 3.63) is 94.7 Å². The molecule has 0 saturated heterocycles. The van der Waals surface area contributed by atoms with Crippen molar-refractivity contribution in [2.24, 2.45) is 4.99 Å². The van der Waals surface area contributed by atoms with Crippen LogP contribution in [0, 0.1) is 10.1 Å². The van der Waals surface area contributed by atoms with Crippen LogP contribution in [0.25, 0.3) is 6.08 Å². The number of fused-ring (bicyclic) bond motifs is 1. The van der Waals surface area contributed by atoms with Gasteiger partial charge in [-0.15, -0.1) is 0 Å². The molecule has 0 N–H and O–H groups in total. The second kappa shape index (κ2) is 11.0. The number of carbonyl (C=O) groups is 1. The number of carbonyl (C=O) groups excluding carboxylic acids is 1. The minimum absolute atomic E-state index is 0.0910. The third-order valence-corrected chi connectivity index (χ3v) is 6.79. The first-order valence-electron chi connectivity index (χ1n) is 11.9.